The van der Waals surface area contributed by atoms with Gasteiger partial charge in [-0.1, -0.05) is 12.1 Å². The molecular weight excluding hydrogens is 396 g/mol. The average molecular weight is 427 g/mol. The minimum atomic E-state index is -0.501. The molecule has 166 valence electrons. The number of methoxy groups -OCH3 is 1. The lowest BCUT2D eigenvalue weighted by molar-refractivity contribution is -0.122. The maximum Gasteiger partial charge on any atom is 0.241 e. The Labute approximate surface area is 183 Å². The zero-order valence-electron chi connectivity index (χ0n) is 18.3. The van der Waals surface area contributed by atoms with Crippen molar-refractivity contribution in [3.05, 3.63) is 48.5 Å². The van der Waals surface area contributed by atoms with Gasteiger partial charge in [0.1, 0.15) is 5.75 Å². The summed E-state index contributed by atoms with van der Waals surface area (Å²) in [5.41, 5.74) is 2.43. The third-order valence-corrected chi connectivity index (χ3v) is 5.33. The van der Waals surface area contributed by atoms with Gasteiger partial charge in [-0.05, 0) is 50.4 Å². The van der Waals surface area contributed by atoms with Crippen molar-refractivity contribution in [2.45, 2.75) is 13.0 Å². The molecule has 1 atom stereocenters. The number of morpholine rings is 1. The van der Waals surface area contributed by atoms with Crippen LogP contribution in [-0.4, -0.2) is 69.8 Å². The smallest absolute Gasteiger partial charge is 0.241 e. The number of nitrogens with one attached hydrogen (secondary N) is 2. The lowest BCUT2D eigenvalue weighted by Gasteiger charge is -2.29. The third-order valence-electron chi connectivity index (χ3n) is 5.33. The molecule has 1 fully saturated rings. The Balaban J connectivity index is 1.50. The molecule has 0 radical (unpaired) electrons. The van der Waals surface area contributed by atoms with Crippen molar-refractivity contribution in [2.75, 3.05) is 62.5 Å². The molecule has 8 heteroatoms. The first-order valence-corrected chi connectivity index (χ1v) is 10.3. The summed E-state index contributed by atoms with van der Waals surface area (Å²) in [6.07, 6.45) is 0. The summed E-state index contributed by atoms with van der Waals surface area (Å²) in [5, 5.41) is 5.74. The zero-order chi connectivity index (χ0) is 22.2. The zero-order valence-corrected chi connectivity index (χ0v) is 18.3. The van der Waals surface area contributed by atoms with Crippen molar-refractivity contribution in [2.24, 2.45) is 0 Å². The van der Waals surface area contributed by atoms with Crippen LogP contribution in [0.4, 0.5) is 17.1 Å². The van der Waals surface area contributed by atoms with Gasteiger partial charge < -0.3 is 25.0 Å². The number of nitrogens with zero attached hydrogens (tertiary/aromatic N) is 2. The molecule has 3 rings (SSSR count). The molecule has 1 unspecified atom stereocenters. The summed E-state index contributed by atoms with van der Waals surface area (Å²) in [7, 11) is 3.30. The fourth-order valence-electron chi connectivity index (χ4n) is 3.33. The summed E-state index contributed by atoms with van der Waals surface area (Å²) in [6, 6.07) is 14.5. The van der Waals surface area contributed by atoms with E-state index in [1.54, 1.807) is 38.1 Å². The van der Waals surface area contributed by atoms with Gasteiger partial charge in [0.15, 0.2) is 0 Å². The van der Waals surface area contributed by atoms with E-state index in [2.05, 4.69) is 15.5 Å². The molecule has 1 aliphatic heterocycles. The average Bonchev–Trinajstić information content (AvgIpc) is 2.79. The fraction of sp³-hybridized carbons (Fsp3) is 0.391. The fourth-order valence-corrected chi connectivity index (χ4v) is 3.33. The number of anilines is 3. The quantitative estimate of drug-likeness (QED) is 0.675. The predicted molar refractivity (Wildman–Crippen MR) is 122 cm³/mol. The van der Waals surface area contributed by atoms with E-state index in [4.69, 9.17) is 9.47 Å². The second-order valence-corrected chi connectivity index (χ2v) is 7.48. The van der Waals surface area contributed by atoms with Crippen LogP contribution in [0.2, 0.25) is 0 Å². The highest BCUT2D eigenvalue weighted by atomic mass is 16.5. The molecule has 0 bridgehead atoms. The number of hydrogen-bond acceptors (Lipinski definition) is 6. The third kappa shape index (κ3) is 6.19. The first kappa shape index (κ1) is 22.6. The van der Waals surface area contributed by atoms with Crippen molar-refractivity contribution >= 4 is 28.9 Å². The van der Waals surface area contributed by atoms with E-state index in [-0.39, 0.29) is 18.4 Å². The molecule has 31 heavy (non-hydrogen) atoms. The van der Waals surface area contributed by atoms with Gasteiger partial charge in [0.2, 0.25) is 11.8 Å². The van der Waals surface area contributed by atoms with Crippen LogP contribution in [0.25, 0.3) is 0 Å². The number of ether oxygens (including phenoxy) is 2. The molecular formula is C23H30N4O4. The number of carbonyl (C=O) groups is 2. The SMILES string of the molecule is COc1ccccc1NC(=O)C(C)N(C)CC(=O)Nc1ccc(N2CCOCC2)cc1. The first-order chi connectivity index (χ1) is 15.0. The minimum absolute atomic E-state index is 0.0890. The van der Waals surface area contributed by atoms with Crippen molar-refractivity contribution in [1.82, 2.24) is 4.90 Å². The van der Waals surface area contributed by atoms with Gasteiger partial charge in [0.05, 0.1) is 38.6 Å². The van der Waals surface area contributed by atoms with E-state index in [1.807, 2.05) is 36.4 Å². The van der Waals surface area contributed by atoms with Gasteiger partial charge in [-0.15, -0.1) is 0 Å². The summed E-state index contributed by atoms with van der Waals surface area (Å²) in [4.78, 5) is 29.0. The highest BCUT2D eigenvalue weighted by Gasteiger charge is 2.21. The molecule has 2 aromatic rings. The highest BCUT2D eigenvalue weighted by molar-refractivity contribution is 5.97. The van der Waals surface area contributed by atoms with Crippen LogP contribution < -0.4 is 20.3 Å². The molecule has 1 aliphatic rings. The van der Waals surface area contributed by atoms with Crippen LogP contribution in [0.3, 0.4) is 0 Å². The molecule has 1 saturated heterocycles. The van der Waals surface area contributed by atoms with Crippen LogP contribution in [0, 0.1) is 0 Å². The van der Waals surface area contributed by atoms with Gasteiger partial charge in [-0.2, -0.15) is 0 Å². The number of likely N-dealkylation sites (N-methyl/N-ethyl adjacent to an activating group) is 1. The maximum absolute atomic E-state index is 12.6. The maximum atomic E-state index is 12.6. The van der Waals surface area contributed by atoms with E-state index >= 15 is 0 Å². The first-order valence-electron chi connectivity index (χ1n) is 10.3. The Morgan fingerprint density at radius 3 is 2.45 bits per heavy atom. The summed E-state index contributed by atoms with van der Waals surface area (Å²) in [6.45, 7) is 5.04. The Bertz CT molecular complexity index is 881. The number of carbonyl (C=O) groups excluding carboxylic acids is 2. The van der Waals surface area contributed by atoms with Crippen LogP contribution >= 0.6 is 0 Å². The van der Waals surface area contributed by atoms with Crippen LogP contribution in [-0.2, 0) is 14.3 Å². The van der Waals surface area contributed by atoms with E-state index in [0.717, 1.165) is 37.7 Å². The van der Waals surface area contributed by atoms with E-state index in [0.29, 0.717) is 11.4 Å². The molecule has 2 amide bonds. The van der Waals surface area contributed by atoms with Crippen LogP contribution in [0.15, 0.2) is 48.5 Å². The predicted octanol–water partition coefficient (Wildman–Crippen LogP) is 2.43. The van der Waals surface area contributed by atoms with Crippen molar-refractivity contribution in [3.8, 4) is 5.75 Å². The second kappa shape index (κ2) is 10.8. The number of amides is 2. The molecule has 0 saturated carbocycles. The van der Waals surface area contributed by atoms with Crippen molar-refractivity contribution in [1.29, 1.82) is 0 Å². The largest absolute Gasteiger partial charge is 0.495 e. The summed E-state index contributed by atoms with van der Waals surface area (Å²) in [5.74, 6) is 0.192. The van der Waals surface area contributed by atoms with Crippen molar-refractivity contribution < 1.29 is 19.1 Å². The van der Waals surface area contributed by atoms with Crippen LogP contribution in [0.5, 0.6) is 5.75 Å². The van der Waals surface area contributed by atoms with Crippen molar-refractivity contribution in [3.63, 3.8) is 0 Å². The topological polar surface area (TPSA) is 83.1 Å². The molecule has 2 N–H and O–H groups in total. The summed E-state index contributed by atoms with van der Waals surface area (Å²) >= 11 is 0. The van der Waals surface area contributed by atoms with Gasteiger partial charge in [0.25, 0.3) is 0 Å². The monoisotopic (exact) mass is 426 g/mol. The Hall–Kier alpha value is -3.10. The summed E-state index contributed by atoms with van der Waals surface area (Å²) < 4.78 is 10.6. The lowest BCUT2D eigenvalue weighted by atomic mass is 10.2. The minimum Gasteiger partial charge on any atom is -0.495 e. The van der Waals surface area contributed by atoms with Gasteiger partial charge >= 0.3 is 0 Å². The van der Waals surface area contributed by atoms with Crippen LogP contribution in [0.1, 0.15) is 6.92 Å². The molecule has 0 aromatic heterocycles. The lowest BCUT2D eigenvalue weighted by Crippen LogP contribution is -2.43. The highest BCUT2D eigenvalue weighted by Crippen LogP contribution is 2.23. The van der Waals surface area contributed by atoms with E-state index in [1.165, 1.54) is 0 Å². The Kier molecular flexibility index (Phi) is 7.86. The number of hydrogen-bond donors (Lipinski definition) is 2. The van der Waals surface area contributed by atoms with E-state index < -0.39 is 6.04 Å². The normalized spacial score (nSPS) is 14.8. The molecule has 8 nitrogen and oxygen atoms in total. The molecule has 1 heterocycles. The standard InChI is InChI=1S/C23H30N4O4/c1-17(23(29)25-20-6-4-5-7-21(20)30-3)26(2)16-22(28)24-18-8-10-19(11-9-18)27-12-14-31-15-13-27/h4-11,17H,12-16H2,1-3H3,(H,24,28)(H,25,29). The Morgan fingerprint density at radius 1 is 1.10 bits per heavy atom. The van der Waals surface area contributed by atoms with E-state index in [9.17, 15) is 9.59 Å². The number of rotatable bonds is 8. The molecule has 0 aliphatic carbocycles. The second-order valence-electron chi connectivity index (χ2n) is 7.48. The van der Waals surface area contributed by atoms with Gasteiger partial charge in [-0.3, -0.25) is 14.5 Å². The molecule has 0 spiro atoms. The number of para-hydroxylation sites is 2. The molecule has 2 aromatic carbocycles. The Morgan fingerprint density at radius 2 is 1.77 bits per heavy atom. The number of benzene rings is 2. The van der Waals surface area contributed by atoms with Gasteiger partial charge in [-0.25, -0.2) is 0 Å². The van der Waals surface area contributed by atoms with Gasteiger partial charge in [0, 0.05) is 24.5 Å².